The van der Waals surface area contributed by atoms with Gasteiger partial charge in [0.05, 0.1) is 5.52 Å². The fraction of sp³-hybridized carbons (Fsp3) is 0.333. The molecule has 5 nitrogen and oxygen atoms in total. The summed E-state index contributed by atoms with van der Waals surface area (Å²) >= 11 is 0. The second kappa shape index (κ2) is 10.6. The number of hydrogen-bond donors (Lipinski definition) is 1. The standard InChI is InChI=1S/C33H36N4O/c1-25-16-18-33(19-17-25,37-22-20-36(21-23-37)29-11-3-2-4-12-29)27-9-7-10-28(24-27)34-32(38)31-15-14-26-8-5-6-13-30(26)35-31/h2-15,24-25H,16-23H2,1H3,(H,34,38). The summed E-state index contributed by atoms with van der Waals surface area (Å²) in [5, 5.41) is 4.17. The molecule has 0 radical (unpaired) electrons. The highest BCUT2D eigenvalue weighted by Gasteiger charge is 2.42. The summed E-state index contributed by atoms with van der Waals surface area (Å²) in [7, 11) is 0. The molecular weight excluding hydrogens is 468 g/mol. The van der Waals surface area contributed by atoms with Crippen molar-refractivity contribution in [3.63, 3.8) is 0 Å². The Morgan fingerprint density at radius 1 is 0.842 bits per heavy atom. The minimum Gasteiger partial charge on any atom is -0.369 e. The van der Waals surface area contributed by atoms with Crippen molar-refractivity contribution in [2.24, 2.45) is 5.92 Å². The molecule has 5 heteroatoms. The van der Waals surface area contributed by atoms with Crippen LogP contribution in [0, 0.1) is 5.92 Å². The number of rotatable bonds is 5. The topological polar surface area (TPSA) is 48.5 Å². The summed E-state index contributed by atoms with van der Waals surface area (Å²) in [6, 6.07) is 31.0. The molecule has 3 aromatic carbocycles. The molecule has 0 bridgehead atoms. The number of aromatic nitrogens is 1. The van der Waals surface area contributed by atoms with Crippen molar-refractivity contribution >= 4 is 28.2 Å². The number of hydrogen-bond acceptors (Lipinski definition) is 4. The van der Waals surface area contributed by atoms with E-state index in [1.807, 2.05) is 36.4 Å². The van der Waals surface area contributed by atoms with Gasteiger partial charge in [-0.25, -0.2) is 4.98 Å². The molecule has 4 aromatic rings. The van der Waals surface area contributed by atoms with Crippen molar-refractivity contribution in [2.45, 2.75) is 38.1 Å². The number of piperazine rings is 1. The molecule has 1 aliphatic heterocycles. The molecule has 38 heavy (non-hydrogen) atoms. The Bertz CT molecular complexity index is 1400. The van der Waals surface area contributed by atoms with Crippen LogP contribution in [0.2, 0.25) is 0 Å². The van der Waals surface area contributed by atoms with Gasteiger partial charge in [0, 0.05) is 48.5 Å². The van der Waals surface area contributed by atoms with E-state index in [1.165, 1.54) is 24.1 Å². The lowest BCUT2D eigenvalue weighted by molar-refractivity contribution is 0.0299. The summed E-state index contributed by atoms with van der Waals surface area (Å²) in [5.41, 5.74) is 4.75. The molecule has 0 atom stereocenters. The van der Waals surface area contributed by atoms with Crippen molar-refractivity contribution in [3.05, 3.63) is 102 Å². The molecule has 2 fully saturated rings. The van der Waals surface area contributed by atoms with Crippen LogP contribution in [0.15, 0.2) is 91.0 Å². The van der Waals surface area contributed by atoms with Gasteiger partial charge in [-0.2, -0.15) is 0 Å². The number of para-hydroxylation sites is 2. The summed E-state index contributed by atoms with van der Waals surface area (Å²) in [6.45, 7) is 6.53. The van der Waals surface area contributed by atoms with Gasteiger partial charge in [-0.1, -0.05) is 61.5 Å². The first kappa shape index (κ1) is 24.6. The zero-order valence-electron chi connectivity index (χ0n) is 22.1. The average Bonchev–Trinajstić information content (AvgIpc) is 2.98. The fourth-order valence-electron chi connectivity index (χ4n) is 6.33. The summed E-state index contributed by atoms with van der Waals surface area (Å²) in [4.78, 5) is 23.0. The fourth-order valence-corrected chi connectivity index (χ4v) is 6.33. The van der Waals surface area contributed by atoms with E-state index in [4.69, 9.17) is 0 Å². The number of anilines is 2. The van der Waals surface area contributed by atoms with Crippen LogP contribution in [0.4, 0.5) is 11.4 Å². The number of nitrogens with zero attached hydrogens (tertiary/aromatic N) is 3. The maximum Gasteiger partial charge on any atom is 0.274 e. The maximum absolute atomic E-state index is 13.2. The molecule has 1 aliphatic carbocycles. The second-order valence-electron chi connectivity index (χ2n) is 10.9. The smallest absolute Gasteiger partial charge is 0.274 e. The van der Waals surface area contributed by atoms with E-state index in [1.54, 1.807) is 6.07 Å². The third-order valence-corrected chi connectivity index (χ3v) is 8.60. The monoisotopic (exact) mass is 504 g/mol. The minimum absolute atomic E-state index is 0.0111. The Labute approximate surface area is 225 Å². The Hall–Kier alpha value is -3.70. The molecule has 0 spiro atoms. The SMILES string of the molecule is CC1CCC(c2cccc(NC(=O)c3ccc4ccccc4n3)c2)(N2CCN(c3ccccc3)CC2)CC1. The van der Waals surface area contributed by atoms with Crippen molar-refractivity contribution < 1.29 is 4.79 Å². The Morgan fingerprint density at radius 2 is 1.58 bits per heavy atom. The predicted molar refractivity (Wildman–Crippen MR) is 156 cm³/mol. The van der Waals surface area contributed by atoms with Crippen LogP contribution in [0.5, 0.6) is 0 Å². The van der Waals surface area contributed by atoms with Crippen LogP contribution >= 0.6 is 0 Å². The molecule has 194 valence electrons. The third kappa shape index (κ3) is 4.91. The number of carbonyl (C=O) groups excluding carboxylic acids is 1. The number of fused-ring (bicyclic) bond motifs is 1. The van der Waals surface area contributed by atoms with E-state index in [0.29, 0.717) is 5.69 Å². The van der Waals surface area contributed by atoms with Gasteiger partial charge in [-0.05, 0) is 73.6 Å². The predicted octanol–water partition coefficient (Wildman–Crippen LogP) is 6.71. The van der Waals surface area contributed by atoms with Crippen LogP contribution in [-0.4, -0.2) is 42.0 Å². The van der Waals surface area contributed by atoms with Gasteiger partial charge < -0.3 is 10.2 Å². The highest BCUT2D eigenvalue weighted by Crippen LogP contribution is 2.45. The molecule has 1 amide bonds. The van der Waals surface area contributed by atoms with Gasteiger partial charge >= 0.3 is 0 Å². The average molecular weight is 505 g/mol. The highest BCUT2D eigenvalue weighted by atomic mass is 16.1. The lowest BCUT2D eigenvalue weighted by Gasteiger charge is -2.51. The molecule has 2 aliphatic rings. The molecule has 1 N–H and O–H groups in total. The minimum atomic E-state index is -0.171. The summed E-state index contributed by atoms with van der Waals surface area (Å²) in [6.07, 6.45) is 4.78. The third-order valence-electron chi connectivity index (χ3n) is 8.60. The van der Waals surface area contributed by atoms with Crippen molar-refractivity contribution in [1.82, 2.24) is 9.88 Å². The molecular formula is C33H36N4O. The number of pyridine rings is 1. The van der Waals surface area contributed by atoms with Gasteiger partial charge in [0.25, 0.3) is 5.91 Å². The zero-order chi connectivity index (χ0) is 26.0. The molecule has 0 unspecified atom stereocenters. The van der Waals surface area contributed by atoms with E-state index in [2.05, 4.69) is 75.6 Å². The first-order chi connectivity index (χ1) is 18.6. The van der Waals surface area contributed by atoms with Crippen LogP contribution in [0.1, 0.15) is 48.7 Å². The number of nitrogens with one attached hydrogen (secondary N) is 1. The molecule has 1 aromatic heterocycles. The van der Waals surface area contributed by atoms with Gasteiger partial charge in [0.2, 0.25) is 0 Å². The summed E-state index contributed by atoms with van der Waals surface area (Å²) in [5.74, 6) is 0.589. The Balaban J connectivity index is 1.23. The molecule has 6 rings (SSSR count). The normalized spacial score (nSPS) is 22.3. The Kier molecular flexibility index (Phi) is 6.86. The largest absolute Gasteiger partial charge is 0.369 e. The van der Waals surface area contributed by atoms with E-state index in [0.717, 1.165) is 61.5 Å². The summed E-state index contributed by atoms with van der Waals surface area (Å²) < 4.78 is 0. The van der Waals surface area contributed by atoms with Crippen LogP contribution < -0.4 is 10.2 Å². The number of benzene rings is 3. The van der Waals surface area contributed by atoms with E-state index in [-0.39, 0.29) is 11.4 Å². The van der Waals surface area contributed by atoms with E-state index in [9.17, 15) is 4.79 Å². The molecule has 2 heterocycles. The lowest BCUT2D eigenvalue weighted by atomic mass is 9.71. The number of amides is 1. The van der Waals surface area contributed by atoms with Gasteiger partial charge in [-0.15, -0.1) is 0 Å². The number of carbonyl (C=O) groups is 1. The van der Waals surface area contributed by atoms with E-state index < -0.39 is 0 Å². The van der Waals surface area contributed by atoms with Crippen molar-refractivity contribution in [2.75, 3.05) is 36.4 Å². The quantitative estimate of drug-likeness (QED) is 0.328. The zero-order valence-corrected chi connectivity index (χ0v) is 22.1. The second-order valence-corrected chi connectivity index (χ2v) is 10.9. The van der Waals surface area contributed by atoms with Crippen LogP contribution in [0.25, 0.3) is 10.9 Å². The van der Waals surface area contributed by atoms with E-state index >= 15 is 0 Å². The van der Waals surface area contributed by atoms with Gasteiger partial charge in [0.15, 0.2) is 0 Å². The lowest BCUT2D eigenvalue weighted by Crippen LogP contribution is -2.56. The van der Waals surface area contributed by atoms with Gasteiger partial charge in [-0.3, -0.25) is 9.69 Å². The highest BCUT2D eigenvalue weighted by molar-refractivity contribution is 6.04. The van der Waals surface area contributed by atoms with Crippen LogP contribution in [-0.2, 0) is 5.54 Å². The molecule has 1 saturated heterocycles. The maximum atomic E-state index is 13.2. The first-order valence-corrected chi connectivity index (χ1v) is 13.9. The molecule has 1 saturated carbocycles. The van der Waals surface area contributed by atoms with Gasteiger partial charge in [0.1, 0.15) is 5.69 Å². The first-order valence-electron chi connectivity index (χ1n) is 13.9. The van der Waals surface area contributed by atoms with Crippen LogP contribution in [0.3, 0.4) is 0 Å². The Morgan fingerprint density at radius 3 is 2.37 bits per heavy atom. The van der Waals surface area contributed by atoms with Crippen molar-refractivity contribution in [3.8, 4) is 0 Å². The van der Waals surface area contributed by atoms with Crippen molar-refractivity contribution in [1.29, 1.82) is 0 Å².